The van der Waals surface area contributed by atoms with Crippen LogP contribution in [0.3, 0.4) is 0 Å². The molecule has 6 heteroatoms. The number of rotatable bonds is 15. The van der Waals surface area contributed by atoms with E-state index in [1.165, 1.54) is 44.9 Å². The van der Waals surface area contributed by atoms with Crippen LogP contribution in [0.15, 0.2) is 11.8 Å². The highest BCUT2D eigenvalue weighted by atomic mass is 16.6. The van der Waals surface area contributed by atoms with Gasteiger partial charge in [0.25, 0.3) is 0 Å². The number of hydrogen-bond acceptors (Lipinski definition) is 6. The number of aliphatic hydroxyl groups is 1. The summed E-state index contributed by atoms with van der Waals surface area (Å²) in [5.74, 6) is 0.994. The zero-order chi connectivity index (χ0) is 23.4. The molecule has 3 aliphatic rings. The fourth-order valence-electron chi connectivity index (χ4n) is 3.55. The lowest BCUT2D eigenvalue weighted by atomic mass is 9.86. The fourth-order valence-corrected chi connectivity index (χ4v) is 3.55. The average Bonchev–Trinajstić information content (AvgIpc) is 3.73. The second kappa shape index (κ2) is 19.8. The molecule has 2 saturated heterocycles. The molecule has 0 bridgehead atoms. The minimum absolute atomic E-state index is 0.00608. The van der Waals surface area contributed by atoms with Crippen molar-refractivity contribution in [2.75, 3.05) is 46.2 Å². The molecule has 0 radical (unpaired) electrons. The van der Waals surface area contributed by atoms with Crippen LogP contribution in [-0.4, -0.2) is 69.7 Å². The Morgan fingerprint density at radius 1 is 0.969 bits per heavy atom. The maximum atomic E-state index is 8.88. The second-order valence-corrected chi connectivity index (χ2v) is 8.86. The monoisotopic (exact) mass is 458 g/mol. The van der Waals surface area contributed by atoms with E-state index in [1.807, 2.05) is 6.92 Å². The molecule has 3 rings (SSSR count). The van der Waals surface area contributed by atoms with E-state index >= 15 is 0 Å². The molecule has 2 heterocycles. The molecule has 1 aliphatic carbocycles. The van der Waals surface area contributed by atoms with Gasteiger partial charge in [-0.25, -0.2) is 0 Å². The number of ether oxygens (including phenoxy) is 5. The van der Waals surface area contributed by atoms with E-state index in [1.54, 1.807) is 6.26 Å². The van der Waals surface area contributed by atoms with Gasteiger partial charge in [-0.1, -0.05) is 46.5 Å². The minimum atomic E-state index is 0.00608. The van der Waals surface area contributed by atoms with Gasteiger partial charge in [0.1, 0.15) is 6.10 Å². The lowest BCUT2D eigenvalue weighted by molar-refractivity contribution is 0.114. The van der Waals surface area contributed by atoms with Crippen molar-refractivity contribution in [1.29, 1.82) is 0 Å². The molecule has 1 N–H and O–H groups in total. The molecule has 2 aliphatic heterocycles. The number of aliphatic hydroxyl groups excluding tert-OH is 1. The summed E-state index contributed by atoms with van der Waals surface area (Å²) in [6, 6.07) is 0. The number of hydrogen-bond donors (Lipinski definition) is 1. The quantitative estimate of drug-likeness (QED) is 0.205. The van der Waals surface area contributed by atoms with Gasteiger partial charge in [-0.3, -0.25) is 0 Å². The van der Waals surface area contributed by atoms with Gasteiger partial charge in [0, 0.05) is 18.8 Å². The smallest absolute Gasteiger partial charge is 0.104 e. The molecule has 0 spiro atoms. The molecule has 1 saturated carbocycles. The number of fused-ring (bicyclic) bond motifs is 1. The van der Waals surface area contributed by atoms with Crippen LogP contribution in [0.4, 0.5) is 0 Å². The average molecular weight is 459 g/mol. The summed E-state index contributed by atoms with van der Waals surface area (Å²) in [5.41, 5.74) is 0.790. The third-order valence-electron chi connectivity index (χ3n) is 5.71. The normalized spacial score (nSPS) is 25.6. The van der Waals surface area contributed by atoms with Gasteiger partial charge in [0.05, 0.1) is 51.5 Å². The molecule has 32 heavy (non-hydrogen) atoms. The summed E-state index contributed by atoms with van der Waals surface area (Å²) < 4.78 is 26.0. The third-order valence-corrected chi connectivity index (χ3v) is 5.71. The molecule has 0 aromatic heterocycles. The van der Waals surface area contributed by atoms with Gasteiger partial charge in [0.2, 0.25) is 0 Å². The van der Waals surface area contributed by atoms with Crippen molar-refractivity contribution < 1.29 is 28.8 Å². The van der Waals surface area contributed by atoms with E-state index < -0.39 is 0 Å². The van der Waals surface area contributed by atoms with Crippen molar-refractivity contribution in [3.63, 3.8) is 0 Å². The first-order valence-corrected chi connectivity index (χ1v) is 13.0. The maximum absolute atomic E-state index is 8.88. The van der Waals surface area contributed by atoms with E-state index in [2.05, 4.69) is 20.8 Å². The van der Waals surface area contributed by atoms with Gasteiger partial charge in [-0.2, -0.15) is 0 Å². The van der Waals surface area contributed by atoms with Crippen molar-refractivity contribution in [2.45, 2.75) is 104 Å². The van der Waals surface area contributed by atoms with Crippen LogP contribution < -0.4 is 0 Å². The number of epoxide rings is 2. The van der Waals surface area contributed by atoms with E-state index in [9.17, 15) is 0 Å². The Morgan fingerprint density at radius 2 is 1.69 bits per heavy atom. The predicted octanol–water partition coefficient (Wildman–Crippen LogP) is 5.27. The summed E-state index contributed by atoms with van der Waals surface area (Å²) in [7, 11) is 0. The minimum Gasteiger partial charge on any atom is -0.501 e. The molecule has 6 nitrogen and oxygen atoms in total. The maximum Gasteiger partial charge on any atom is 0.104 e. The van der Waals surface area contributed by atoms with Crippen molar-refractivity contribution >= 4 is 0 Å². The van der Waals surface area contributed by atoms with Gasteiger partial charge >= 0.3 is 0 Å². The van der Waals surface area contributed by atoms with E-state index in [-0.39, 0.29) is 6.61 Å². The van der Waals surface area contributed by atoms with E-state index in [0.717, 1.165) is 50.8 Å². The van der Waals surface area contributed by atoms with E-state index in [4.69, 9.17) is 28.8 Å². The first kappa shape index (κ1) is 29.4. The van der Waals surface area contributed by atoms with Gasteiger partial charge in [-0.05, 0) is 44.9 Å². The van der Waals surface area contributed by atoms with Crippen LogP contribution in [0.5, 0.6) is 0 Å². The molecule has 0 amide bonds. The van der Waals surface area contributed by atoms with Crippen molar-refractivity contribution in [3.8, 4) is 0 Å². The summed E-state index contributed by atoms with van der Waals surface area (Å²) in [5, 5.41) is 8.88. The lowest BCUT2D eigenvalue weighted by Gasteiger charge is -2.17. The molecular formula is C26H50O6. The summed E-state index contributed by atoms with van der Waals surface area (Å²) >= 11 is 0. The lowest BCUT2D eigenvalue weighted by Crippen LogP contribution is -2.12. The second-order valence-electron chi connectivity index (χ2n) is 8.86. The van der Waals surface area contributed by atoms with E-state index in [0.29, 0.717) is 31.5 Å². The van der Waals surface area contributed by atoms with Gasteiger partial charge in [-0.15, -0.1) is 0 Å². The Balaban J connectivity index is 0.000000244. The van der Waals surface area contributed by atoms with Crippen molar-refractivity contribution in [1.82, 2.24) is 0 Å². The number of unbranched alkanes of at least 4 members (excludes halogenated alkanes) is 2. The highest BCUT2D eigenvalue weighted by Gasteiger charge is 2.43. The summed E-state index contributed by atoms with van der Waals surface area (Å²) in [6.07, 6.45) is 14.9. The first-order valence-electron chi connectivity index (χ1n) is 13.0. The van der Waals surface area contributed by atoms with Crippen LogP contribution in [0.1, 0.15) is 85.5 Å². The summed E-state index contributed by atoms with van der Waals surface area (Å²) in [4.78, 5) is 0. The largest absolute Gasteiger partial charge is 0.501 e. The van der Waals surface area contributed by atoms with Crippen LogP contribution in [-0.2, 0) is 23.7 Å². The van der Waals surface area contributed by atoms with Gasteiger partial charge < -0.3 is 28.8 Å². The first-order chi connectivity index (χ1) is 15.7. The third kappa shape index (κ3) is 16.0. The predicted molar refractivity (Wildman–Crippen MR) is 129 cm³/mol. The molecule has 3 fully saturated rings. The van der Waals surface area contributed by atoms with Crippen molar-refractivity contribution in [2.24, 2.45) is 5.92 Å². The van der Waals surface area contributed by atoms with Crippen LogP contribution >= 0.6 is 0 Å². The van der Waals surface area contributed by atoms with Crippen LogP contribution in [0.25, 0.3) is 0 Å². The molecule has 4 unspecified atom stereocenters. The molecular weight excluding hydrogens is 408 g/mol. The van der Waals surface area contributed by atoms with Crippen LogP contribution in [0.2, 0.25) is 0 Å². The Kier molecular flexibility index (Phi) is 18.2. The topological polar surface area (TPSA) is 73.0 Å². The Morgan fingerprint density at radius 3 is 2.25 bits per heavy atom. The Labute approximate surface area is 197 Å². The van der Waals surface area contributed by atoms with Crippen molar-refractivity contribution in [3.05, 3.63) is 11.8 Å². The zero-order valence-corrected chi connectivity index (χ0v) is 21.2. The Hall–Kier alpha value is -0.660. The summed E-state index contributed by atoms with van der Waals surface area (Å²) in [6.45, 7) is 12.9. The highest BCUT2D eigenvalue weighted by Crippen LogP contribution is 2.40. The molecule has 0 aromatic rings. The Bertz CT molecular complexity index is 452. The molecule has 4 atom stereocenters. The standard InChI is InChI=1S/C10H20O3.C9H16O.C7H14O2/c1-3-5-6-13-9-10(7-11)8-12-4-2;1-2-3-7-4-5-8-9(6-7)10-8;1-2-3-4-8-5-7-6-9-7/h8,11H,3-7,9H2,1-2H3;7-9H,2-6H2,1H3;7H,2-6H2,1H3/b10-8-;;. The molecule has 0 aromatic carbocycles. The highest BCUT2D eigenvalue weighted by molar-refractivity contribution is 4.98. The fraction of sp³-hybridized carbons (Fsp3) is 0.923. The SMILES string of the molecule is CCCC1CCC2OC2C1.CCCCOC/C(=C\OCC)CO.CCCCOCC1CO1. The zero-order valence-electron chi connectivity index (χ0n) is 21.2. The molecule has 190 valence electrons. The van der Waals surface area contributed by atoms with Gasteiger partial charge in [0.15, 0.2) is 0 Å². The van der Waals surface area contributed by atoms with Crippen LogP contribution in [0, 0.1) is 5.92 Å².